The highest BCUT2D eigenvalue weighted by Gasteiger charge is 2.21. The molecular weight excluding hydrogens is 420 g/mol. The summed E-state index contributed by atoms with van der Waals surface area (Å²) in [5.41, 5.74) is 2.90. The smallest absolute Gasteiger partial charge is 0.302 e. The molecule has 4 aromatic rings. The minimum absolute atomic E-state index is 0.0413. The molecule has 1 aromatic heterocycles. The van der Waals surface area contributed by atoms with Crippen LogP contribution in [0.5, 0.6) is 28.9 Å². The lowest BCUT2D eigenvalue weighted by molar-refractivity contribution is 0.334. The highest BCUT2D eigenvalue weighted by Crippen LogP contribution is 2.39. The normalized spacial score (nSPS) is 10.8. The number of methoxy groups -OCH3 is 1. The van der Waals surface area contributed by atoms with Crippen molar-refractivity contribution in [1.29, 1.82) is 0 Å². The van der Waals surface area contributed by atoms with E-state index >= 15 is 0 Å². The fraction of sp³-hybridized carbons (Fsp3) is 0.148. The van der Waals surface area contributed by atoms with Crippen molar-refractivity contribution < 1.29 is 24.1 Å². The molecule has 0 saturated heterocycles. The van der Waals surface area contributed by atoms with Gasteiger partial charge >= 0.3 is 5.95 Å². The third-order valence-electron chi connectivity index (χ3n) is 5.20. The molecule has 6 nitrogen and oxygen atoms in total. The van der Waals surface area contributed by atoms with Gasteiger partial charge in [0.05, 0.1) is 12.5 Å². The number of phenolic OH excluding ortho intramolecular Hbond substituents is 2. The Balaban J connectivity index is 1.96. The van der Waals surface area contributed by atoms with Gasteiger partial charge in [-0.15, -0.1) is 0 Å². The van der Waals surface area contributed by atoms with Crippen molar-refractivity contribution in [3.63, 3.8) is 0 Å². The molecule has 4 rings (SSSR count). The molecule has 0 aliphatic carbocycles. The molecule has 1 heterocycles. The Labute approximate surface area is 191 Å². The fourth-order valence-electron chi connectivity index (χ4n) is 3.53. The molecule has 0 aliphatic heterocycles. The van der Waals surface area contributed by atoms with E-state index in [-0.39, 0.29) is 34.2 Å². The predicted molar refractivity (Wildman–Crippen MR) is 127 cm³/mol. The van der Waals surface area contributed by atoms with Crippen LogP contribution in [0.3, 0.4) is 0 Å². The summed E-state index contributed by atoms with van der Waals surface area (Å²) in [5.74, 6) is 0.163. The second kappa shape index (κ2) is 9.12. The molecule has 3 aromatic carbocycles. The minimum Gasteiger partial charge on any atom is -0.508 e. The number of ether oxygens (including phenoxy) is 2. The summed E-state index contributed by atoms with van der Waals surface area (Å²) in [5, 5.41) is 20.2. The van der Waals surface area contributed by atoms with Gasteiger partial charge in [0.15, 0.2) is 11.5 Å². The van der Waals surface area contributed by atoms with Gasteiger partial charge < -0.3 is 24.1 Å². The van der Waals surface area contributed by atoms with E-state index in [1.54, 1.807) is 31.4 Å². The zero-order valence-electron chi connectivity index (χ0n) is 18.6. The maximum absolute atomic E-state index is 13.7. The zero-order valence-corrected chi connectivity index (χ0v) is 18.6. The van der Waals surface area contributed by atoms with Crippen LogP contribution in [0.1, 0.15) is 19.4 Å². The van der Waals surface area contributed by atoms with Crippen LogP contribution in [-0.4, -0.2) is 17.3 Å². The van der Waals surface area contributed by atoms with Crippen molar-refractivity contribution in [2.45, 2.75) is 20.3 Å². The van der Waals surface area contributed by atoms with Crippen molar-refractivity contribution in [1.82, 2.24) is 0 Å². The summed E-state index contributed by atoms with van der Waals surface area (Å²) in [6.07, 6.45) is 2.68. The summed E-state index contributed by atoms with van der Waals surface area (Å²) < 4.78 is 17.4. The molecule has 0 saturated carbocycles. The van der Waals surface area contributed by atoms with Gasteiger partial charge in [0.2, 0.25) is 5.43 Å². The van der Waals surface area contributed by atoms with Crippen LogP contribution >= 0.6 is 0 Å². The van der Waals surface area contributed by atoms with E-state index < -0.39 is 0 Å². The Bertz CT molecular complexity index is 1400. The van der Waals surface area contributed by atoms with Crippen LogP contribution in [0.15, 0.2) is 81.5 Å². The monoisotopic (exact) mass is 444 g/mol. The number of benzene rings is 3. The van der Waals surface area contributed by atoms with Crippen LogP contribution in [0.2, 0.25) is 0 Å². The Hall–Kier alpha value is -4.19. The van der Waals surface area contributed by atoms with Crippen molar-refractivity contribution in [3.05, 3.63) is 88.1 Å². The maximum Gasteiger partial charge on any atom is 0.302 e. The van der Waals surface area contributed by atoms with E-state index in [0.717, 1.165) is 17.2 Å². The van der Waals surface area contributed by atoms with Gasteiger partial charge in [-0.3, -0.25) is 4.79 Å². The number of fused-ring (bicyclic) bond motifs is 1. The second-order valence-corrected chi connectivity index (χ2v) is 7.86. The Kier molecular flexibility index (Phi) is 6.09. The van der Waals surface area contributed by atoms with Gasteiger partial charge in [0, 0.05) is 12.1 Å². The third kappa shape index (κ3) is 4.55. The van der Waals surface area contributed by atoms with E-state index in [9.17, 15) is 15.0 Å². The summed E-state index contributed by atoms with van der Waals surface area (Å²) >= 11 is 0. The van der Waals surface area contributed by atoms with Crippen molar-refractivity contribution >= 4 is 11.0 Å². The summed E-state index contributed by atoms with van der Waals surface area (Å²) in [6.45, 7) is 4.02. The molecule has 0 unspecified atom stereocenters. The molecule has 0 spiro atoms. The SMILES string of the molecule is COc1cc2oc(Oc3ccc(O)cc3O)c(-c3ccccc3)c(=O)c2cc1CC=C(C)C. The second-order valence-electron chi connectivity index (χ2n) is 7.86. The molecule has 0 amide bonds. The lowest BCUT2D eigenvalue weighted by Gasteiger charge is -2.14. The fourth-order valence-corrected chi connectivity index (χ4v) is 3.53. The van der Waals surface area contributed by atoms with Gasteiger partial charge in [-0.2, -0.15) is 0 Å². The lowest BCUT2D eigenvalue weighted by Crippen LogP contribution is -2.08. The summed E-state index contributed by atoms with van der Waals surface area (Å²) in [4.78, 5) is 13.7. The number of hydrogen-bond acceptors (Lipinski definition) is 6. The largest absolute Gasteiger partial charge is 0.508 e. The van der Waals surface area contributed by atoms with E-state index in [2.05, 4.69) is 6.08 Å². The zero-order chi connectivity index (χ0) is 23.5. The topological polar surface area (TPSA) is 89.1 Å². The number of rotatable bonds is 6. The molecule has 0 bridgehead atoms. The average molecular weight is 444 g/mol. The first-order valence-corrected chi connectivity index (χ1v) is 10.4. The Morgan fingerprint density at radius 1 is 1.00 bits per heavy atom. The highest BCUT2D eigenvalue weighted by molar-refractivity contribution is 5.86. The van der Waals surface area contributed by atoms with Gasteiger partial charge in [0.1, 0.15) is 22.6 Å². The summed E-state index contributed by atoms with van der Waals surface area (Å²) in [7, 11) is 1.57. The Morgan fingerprint density at radius 2 is 1.76 bits per heavy atom. The number of hydrogen-bond donors (Lipinski definition) is 2. The van der Waals surface area contributed by atoms with Gasteiger partial charge in [0.25, 0.3) is 0 Å². The summed E-state index contributed by atoms with van der Waals surface area (Å²) in [6, 6.07) is 16.4. The average Bonchev–Trinajstić information content (AvgIpc) is 2.80. The van der Waals surface area contributed by atoms with Crippen LogP contribution in [0.25, 0.3) is 22.1 Å². The van der Waals surface area contributed by atoms with Gasteiger partial charge in [-0.25, -0.2) is 0 Å². The number of phenols is 2. The maximum atomic E-state index is 13.7. The van der Waals surface area contributed by atoms with Crippen molar-refractivity contribution in [2.24, 2.45) is 0 Å². The van der Waals surface area contributed by atoms with E-state index in [0.29, 0.717) is 28.7 Å². The molecule has 33 heavy (non-hydrogen) atoms. The van der Waals surface area contributed by atoms with E-state index in [4.69, 9.17) is 13.9 Å². The molecule has 0 fully saturated rings. The molecule has 0 atom stereocenters. The standard InChI is InChI=1S/C27H24O6/c1-16(2)9-10-18-13-20-24(15-23(18)31-3)33-27(32-22-12-11-19(28)14-21(22)29)25(26(20)30)17-7-5-4-6-8-17/h4-9,11-15,28-29H,10H2,1-3H3. The highest BCUT2D eigenvalue weighted by atomic mass is 16.6. The Morgan fingerprint density at radius 3 is 2.42 bits per heavy atom. The molecule has 0 aliphatic rings. The van der Waals surface area contributed by atoms with Crippen molar-refractivity contribution in [2.75, 3.05) is 7.11 Å². The predicted octanol–water partition coefficient (Wildman–Crippen LogP) is 6.18. The van der Waals surface area contributed by atoms with Gasteiger partial charge in [-0.05, 0) is 49.6 Å². The van der Waals surface area contributed by atoms with Crippen LogP contribution in [0, 0.1) is 0 Å². The first kappa shape index (κ1) is 22.0. The van der Waals surface area contributed by atoms with Crippen LogP contribution < -0.4 is 14.9 Å². The molecule has 6 heteroatoms. The number of aromatic hydroxyl groups is 2. The molecular formula is C27H24O6. The molecule has 0 radical (unpaired) electrons. The molecule has 168 valence electrons. The van der Waals surface area contributed by atoms with E-state index in [1.807, 2.05) is 32.0 Å². The quantitative estimate of drug-likeness (QED) is 0.345. The molecule has 2 N–H and O–H groups in total. The van der Waals surface area contributed by atoms with Crippen LogP contribution in [-0.2, 0) is 6.42 Å². The number of allylic oxidation sites excluding steroid dienone is 2. The van der Waals surface area contributed by atoms with Crippen molar-refractivity contribution in [3.8, 4) is 40.1 Å². The first-order valence-electron chi connectivity index (χ1n) is 10.4. The van der Waals surface area contributed by atoms with Crippen LogP contribution in [0.4, 0.5) is 0 Å². The first-order chi connectivity index (χ1) is 15.9. The van der Waals surface area contributed by atoms with Gasteiger partial charge in [-0.1, -0.05) is 42.0 Å². The third-order valence-corrected chi connectivity index (χ3v) is 5.20. The minimum atomic E-state index is -0.286. The van der Waals surface area contributed by atoms with E-state index in [1.165, 1.54) is 12.1 Å². The lowest BCUT2D eigenvalue weighted by atomic mass is 10.0.